The summed E-state index contributed by atoms with van der Waals surface area (Å²) in [6.07, 6.45) is 1.87. The summed E-state index contributed by atoms with van der Waals surface area (Å²) in [5.74, 6) is 1.12. The maximum absolute atomic E-state index is 3.96. The fraction of sp³-hybridized carbons (Fsp3) is 0. The van der Waals surface area contributed by atoms with Gasteiger partial charge in [-0.1, -0.05) is 18.2 Å². The normalized spacial score (nSPS) is 14.0. The van der Waals surface area contributed by atoms with Crippen molar-refractivity contribution < 1.29 is 4.74 Å². The Bertz CT molecular complexity index is 236. The molecule has 1 N–H and O–H groups in total. The van der Waals surface area contributed by atoms with E-state index in [1.807, 2.05) is 24.5 Å². The van der Waals surface area contributed by atoms with Crippen molar-refractivity contribution in [1.29, 1.82) is 0 Å². The molecule has 1 aromatic rings. The zero-order valence-corrected chi connectivity index (χ0v) is 4.91. The first-order chi connectivity index (χ1) is 4.47. The SMILES string of the molecule is C1=C(c2ccccc2)[OH+]1. The molecule has 0 aliphatic carbocycles. The van der Waals surface area contributed by atoms with Gasteiger partial charge in [-0.25, -0.2) is 0 Å². The molecule has 1 heteroatoms. The molecule has 0 saturated heterocycles. The van der Waals surface area contributed by atoms with Crippen molar-refractivity contribution in [3.8, 4) is 0 Å². The molecule has 0 amide bonds. The number of benzene rings is 1. The van der Waals surface area contributed by atoms with Crippen LogP contribution in [0, 0.1) is 0 Å². The van der Waals surface area contributed by atoms with Gasteiger partial charge in [0, 0.05) is 0 Å². The summed E-state index contributed by atoms with van der Waals surface area (Å²) in [4.78, 5) is 0. The summed E-state index contributed by atoms with van der Waals surface area (Å²) in [6.45, 7) is 0. The van der Waals surface area contributed by atoms with E-state index < -0.39 is 0 Å². The number of hydrogen-bond acceptors (Lipinski definition) is 0. The lowest BCUT2D eigenvalue weighted by atomic mass is 10.2. The predicted molar refractivity (Wildman–Crippen MR) is 37.0 cm³/mol. The van der Waals surface area contributed by atoms with Gasteiger partial charge in [0.25, 0.3) is 0 Å². The largest absolute Gasteiger partial charge is 0.539 e. The topological polar surface area (TPSA) is 12.8 Å². The lowest BCUT2D eigenvalue weighted by Crippen LogP contribution is -1.70. The standard InChI is InChI=1S/C8H6O/c1-2-4-7(5-3-1)8-6-9-8/h1-6H/p+1. The summed E-state index contributed by atoms with van der Waals surface area (Å²) in [7, 11) is 0. The Morgan fingerprint density at radius 1 is 1.00 bits per heavy atom. The van der Waals surface area contributed by atoms with Crippen molar-refractivity contribution in [2.75, 3.05) is 0 Å². The third-order valence-corrected chi connectivity index (χ3v) is 1.33. The maximum atomic E-state index is 3.96. The van der Waals surface area contributed by atoms with Crippen LogP contribution in [0.25, 0.3) is 5.76 Å². The third kappa shape index (κ3) is 0.809. The highest BCUT2D eigenvalue weighted by Gasteiger charge is 2.20. The molecule has 1 heterocycles. The van der Waals surface area contributed by atoms with Crippen LogP contribution in [0.15, 0.2) is 36.6 Å². The molecule has 9 heavy (non-hydrogen) atoms. The van der Waals surface area contributed by atoms with Crippen molar-refractivity contribution in [1.82, 2.24) is 0 Å². The molecular weight excluding hydrogens is 112 g/mol. The van der Waals surface area contributed by atoms with E-state index in [0.29, 0.717) is 0 Å². The lowest BCUT2D eigenvalue weighted by molar-refractivity contribution is 0.334. The number of ether oxygens (including phenoxy) is 1. The van der Waals surface area contributed by atoms with Gasteiger partial charge in [0.1, 0.15) is 0 Å². The van der Waals surface area contributed by atoms with Gasteiger partial charge in [0.05, 0.1) is 5.56 Å². The number of aliphatic hydroxyl groups is 2. The number of hydrogen-bond donors (Lipinski definition) is 0. The van der Waals surface area contributed by atoms with Crippen LogP contribution in [0.3, 0.4) is 0 Å². The number of rotatable bonds is 1. The van der Waals surface area contributed by atoms with E-state index in [9.17, 15) is 0 Å². The summed E-state index contributed by atoms with van der Waals surface area (Å²) in [6, 6.07) is 10.2. The van der Waals surface area contributed by atoms with Crippen LogP contribution in [0.5, 0.6) is 0 Å². The monoisotopic (exact) mass is 119 g/mol. The highest BCUT2D eigenvalue weighted by Crippen LogP contribution is 2.22. The molecule has 0 spiro atoms. The predicted octanol–water partition coefficient (Wildman–Crippen LogP) is 2.09. The minimum atomic E-state index is 1.12. The molecule has 0 atom stereocenters. The Hall–Kier alpha value is -1.24. The molecule has 1 aromatic carbocycles. The van der Waals surface area contributed by atoms with Crippen molar-refractivity contribution >= 4 is 5.76 Å². The molecule has 0 fully saturated rings. The van der Waals surface area contributed by atoms with E-state index in [1.165, 1.54) is 5.56 Å². The average molecular weight is 119 g/mol. The highest BCUT2D eigenvalue weighted by atomic mass is 16.5. The van der Waals surface area contributed by atoms with Gasteiger partial charge >= 0.3 is 12.0 Å². The van der Waals surface area contributed by atoms with Crippen molar-refractivity contribution in [2.24, 2.45) is 0 Å². The molecule has 0 aromatic heterocycles. The molecule has 2 rings (SSSR count). The Morgan fingerprint density at radius 3 is 2.22 bits per heavy atom. The second-order valence-corrected chi connectivity index (χ2v) is 2.01. The molecule has 0 saturated carbocycles. The summed E-state index contributed by atoms with van der Waals surface area (Å²) in [5.41, 5.74) is 1.22. The van der Waals surface area contributed by atoms with E-state index in [0.717, 1.165) is 5.76 Å². The molecular formula is C8H7O+. The Morgan fingerprint density at radius 2 is 1.67 bits per heavy atom. The van der Waals surface area contributed by atoms with Crippen LogP contribution in [0.1, 0.15) is 5.56 Å². The minimum Gasteiger partial charge on any atom is -0.539 e. The highest BCUT2D eigenvalue weighted by molar-refractivity contribution is 5.65. The first-order valence-corrected chi connectivity index (χ1v) is 2.93. The van der Waals surface area contributed by atoms with E-state index in [4.69, 9.17) is 0 Å². The fourth-order valence-electron chi connectivity index (χ4n) is 0.790. The second kappa shape index (κ2) is 1.62. The Kier molecular flexibility index (Phi) is 0.833. The zero-order chi connectivity index (χ0) is 6.10. The first-order valence-electron chi connectivity index (χ1n) is 2.93. The van der Waals surface area contributed by atoms with Gasteiger partial charge in [-0.3, -0.25) is 0 Å². The molecule has 0 unspecified atom stereocenters. The Labute approximate surface area is 53.6 Å². The van der Waals surface area contributed by atoms with Gasteiger partial charge < -0.3 is 4.74 Å². The van der Waals surface area contributed by atoms with Gasteiger partial charge in [-0.05, 0) is 12.1 Å². The quantitative estimate of drug-likeness (QED) is 0.502. The van der Waals surface area contributed by atoms with Crippen LogP contribution in [-0.2, 0) is 0 Å². The van der Waals surface area contributed by atoms with Gasteiger partial charge in [0.2, 0.25) is 0 Å². The minimum absolute atomic E-state index is 1.12. The van der Waals surface area contributed by atoms with Crippen LogP contribution in [0.4, 0.5) is 0 Å². The average Bonchev–Trinajstić information content (AvgIpc) is 2.71. The van der Waals surface area contributed by atoms with Crippen LogP contribution >= 0.6 is 0 Å². The van der Waals surface area contributed by atoms with E-state index >= 15 is 0 Å². The molecule has 1 nitrogen and oxygen atoms in total. The van der Waals surface area contributed by atoms with Crippen molar-refractivity contribution in [3.63, 3.8) is 0 Å². The molecule has 0 radical (unpaired) electrons. The van der Waals surface area contributed by atoms with E-state index in [-0.39, 0.29) is 0 Å². The van der Waals surface area contributed by atoms with Crippen LogP contribution < -0.4 is 0 Å². The summed E-state index contributed by atoms with van der Waals surface area (Å²) < 4.78 is 3.96. The summed E-state index contributed by atoms with van der Waals surface area (Å²) in [5, 5.41) is 0. The maximum Gasteiger partial charge on any atom is 0.357 e. The molecule has 1 aliphatic rings. The zero-order valence-electron chi connectivity index (χ0n) is 4.91. The molecule has 0 bridgehead atoms. The fourth-order valence-corrected chi connectivity index (χ4v) is 0.790. The third-order valence-electron chi connectivity index (χ3n) is 1.33. The second-order valence-electron chi connectivity index (χ2n) is 2.01. The summed E-state index contributed by atoms with van der Waals surface area (Å²) >= 11 is 0. The Balaban J connectivity index is 2.40. The van der Waals surface area contributed by atoms with Gasteiger partial charge in [-0.15, -0.1) is 0 Å². The van der Waals surface area contributed by atoms with E-state index in [1.54, 1.807) is 0 Å². The van der Waals surface area contributed by atoms with Crippen LogP contribution in [-0.4, -0.2) is 4.74 Å². The van der Waals surface area contributed by atoms with E-state index in [2.05, 4.69) is 16.9 Å². The van der Waals surface area contributed by atoms with Crippen molar-refractivity contribution in [3.05, 3.63) is 42.2 Å². The lowest BCUT2D eigenvalue weighted by Gasteiger charge is -1.82. The van der Waals surface area contributed by atoms with Crippen LogP contribution in [0.2, 0.25) is 0 Å². The van der Waals surface area contributed by atoms with Crippen molar-refractivity contribution in [2.45, 2.75) is 0 Å². The first kappa shape index (κ1) is 4.62. The van der Waals surface area contributed by atoms with Gasteiger partial charge in [-0.2, -0.15) is 0 Å². The molecule has 44 valence electrons. The smallest absolute Gasteiger partial charge is 0.357 e. The molecule has 1 aliphatic heterocycles. The van der Waals surface area contributed by atoms with Gasteiger partial charge in [0.15, 0.2) is 0 Å².